The summed E-state index contributed by atoms with van der Waals surface area (Å²) >= 11 is 12.2. The molecule has 7 nitrogen and oxygen atoms in total. The van der Waals surface area contributed by atoms with Crippen molar-refractivity contribution >= 4 is 50.7 Å². The average Bonchev–Trinajstić information content (AvgIpc) is 2.80. The Hall–Kier alpha value is -2.29. The minimum atomic E-state index is -3.60. The second-order valence-corrected chi connectivity index (χ2v) is 11.8. The van der Waals surface area contributed by atoms with E-state index in [1.165, 1.54) is 9.21 Å². The standard InChI is InChI=1S/C26H35Cl2N3O4S/c1-6-19(3)29-26(33)20(4)30(17-21-9-7-10-22(27)15-21)25(32)11-8-14-31(36(5,34)35)24-16-23(28)13-12-18(24)2/h7,9-10,12-13,15-16,19-20H,6,8,11,14,17H2,1-5H3,(H,29,33)/t19-,20-/m1/s1. The molecule has 0 aliphatic heterocycles. The fourth-order valence-electron chi connectivity index (χ4n) is 3.71. The maximum atomic E-state index is 13.3. The van der Waals surface area contributed by atoms with Gasteiger partial charge < -0.3 is 10.2 Å². The zero-order valence-electron chi connectivity index (χ0n) is 21.4. The van der Waals surface area contributed by atoms with Crippen molar-refractivity contribution in [3.8, 4) is 0 Å². The van der Waals surface area contributed by atoms with Crippen LogP contribution in [0.15, 0.2) is 42.5 Å². The minimum absolute atomic E-state index is 0.0210. The van der Waals surface area contributed by atoms with E-state index in [9.17, 15) is 18.0 Å². The highest BCUT2D eigenvalue weighted by atomic mass is 35.5. The summed E-state index contributed by atoms with van der Waals surface area (Å²) in [5.74, 6) is -0.495. The van der Waals surface area contributed by atoms with Crippen LogP contribution in [-0.4, -0.2) is 50.0 Å². The maximum absolute atomic E-state index is 13.3. The van der Waals surface area contributed by atoms with Gasteiger partial charge in [0.25, 0.3) is 0 Å². The number of hydrogen-bond donors (Lipinski definition) is 1. The van der Waals surface area contributed by atoms with Gasteiger partial charge in [0, 0.05) is 35.6 Å². The third kappa shape index (κ3) is 8.68. The van der Waals surface area contributed by atoms with Gasteiger partial charge in [0.15, 0.2) is 0 Å². The Morgan fingerprint density at radius 3 is 2.33 bits per heavy atom. The van der Waals surface area contributed by atoms with Crippen LogP contribution in [0.5, 0.6) is 0 Å². The third-order valence-electron chi connectivity index (χ3n) is 6.00. The molecule has 0 aliphatic carbocycles. The fourth-order valence-corrected chi connectivity index (χ4v) is 5.11. The lowest BCUT2D eigenvalue weighted by Gasteiger charge is -2.30. The SMILES string of the molecule is CC[C@@H](C)NC(=O)[C@@H](C)N(Cc1cccc(Cl)c1)C(=O)CCCN(c1cc(Cl)ccc1C)S(C)(=O)=O. The summed E-state index contributed by atoms with van der Waals surface area (Å²) in [7, 11) is -3.60. The maximum Gasteiger partial charge on any atom is 0.242 e. The number of benzene rings is 2. The number of carbonyl (C=O) groups is 2. The number of hydrogen-bond acceptors (Lipinski definition) is 4. The Labute approximate surface area is 224 Å². The van der Waals surface area contributed by atoms with Crippen LogP contribution >= 0.6 is 23.2 Å². The summed E-state index contributed by atoms with van der Waals surface area (Å²) < 4.78 is 26.3. The molecule has 36 heavy (non-hydrogen) atoms. The molecule has 0 saturated heterocycles. The van der Waals surface area contributed by atoms with Crippen molar-refractivity contribution in [1.29, 1.82) is 0 Å². The minimum Gasteiger partial charge on any atom is -0.352 e. The van der Waals surface area contributed by atoms with Crippen molar-refractivity contribution in [1.82, 2.24) is 10.2 Å². The number of nitrogens with one attached hydrogen (secondary N) is 1. The molecule has 0 aromatic heterocycles. The van der Waals surface area contributed by atoms with Crippen molar-refractivity contribution in [2.75, 3.05) is 17.1 Å². The van der Waals surface area contributed by atoms with E-state index in [1.54, 1.807) is 50.2 Å². The number of halogens is 2. The Balaban J connectivity index is 2.21. The number of carbonyl (C=O) groups excluding carboxylic acids is 2. The molecule has 0 bridgehead atoms. The van der Waals surface area contributed by atoms with Crippen molar-refractivity contribution in [2.45, 2.75) is 65.6 Å². The number of rotatable bonds is 12. The van der Waals surface area contributed by atoms with Gasteiger partial charge in [-0.3, -0.25) is 13.9 Å². The van der Waals surface area contributed by atoms with Gasteiger partial charge in [0.1, 0.15) is 6.04 Å². The molecule has 0 radical (unpaired) electrons. The Kier molecular flexibility index (Phi) is 11.1. The molecule has 10 heteroatoms. The van der Waals surface area contributed by atoms with E-state index in [-0.39, 0.29) is 43.8 Å². The summed E-state index contributed by atoms with van der Waals surface area (Å²) in [5, 5.41) is 3.89. The van der Waals surface area contributed by atoms with Crippen LogP contribution in [0, 0.1) is 6.92 Å². The van der Waals surface area contributed by atoms with E-state index >= 15 is 0 Å². The highest BCUT2D eigenvalue weighted by Gasteiger charge is 2.27. The van der Waals surface area contributed by atoms with E-state index in [0.717, 1.165) is 23.8 Å². The lowest BCUT2D eigenvalue weighted by molar-refractivity contribution is -0.140. The predicted molar refractivity (Wildman–Crippen MR) is 147 cm³/mol. The van der Waals surface area contributed by atoms with Gasteiger partial charge in [-0.05, 0) is 69.0 Å². The highest BCUT2D eigenvalue weighted by Crippen LogP contribution is 2.27. The highest BCUT2D eigenvalue weighted by molar-refractivity contribution is 7.92. The van der Waals surface area contributed by atoms with E-state index < -0.39 is 16.1 Å². The lowest BCUT2D eigenvalue weighted by atomic mass is 10.1. The Bertz CT molecular complexity index is 1170. The molecule has 1 N–H and O–H groups in total. The molecule has 0 fully saturated rings. The molecular formula is C26H35Cl2N3O4S. The topological polar surface area (TPSA) is 86.8 Å². The van der Waals surface area contributed by atoms with Gasteiger partial charge in [0.05, 0.1) is 11.9 Å². The van der Waals surface area contributed by atoms with E-state index in [2.05, 4.69) is 5.32 Å². The normalized spacial score (nSPS) is 13.1. The van der Waals surface area contributed by atoms with Gasteiger partial charge >= 0.3 is 0 Å². The molecule has 198 valence electrons. The van der Waals surface area contributed by atoms with E-state index in [1.807, 2.05) is 19.9 Å². The van der Waals surface area contributed by atoms with Crippen LogP contribution in [0.1, 0.15) is 51.2 Å². The summed E-state index contributed by atoms with van der Waals surface area (Å²) in [6.07, 6.45) is 2.23. The van der Waals surface area contributed by atoms with Crippen LogP contribution < -0.4 is 9.62 Å². The van der Waals surface area contributed by atoms with Crippen LogP contribution in [0.3, 0.4) is 0 Å². The van der Waals surface area contributed by atoms with Crippen molar-refractivity contribution < 1.29 is 18.0 Å². The first-order valence-corrected chi connectivity index (χ1v) is 14.5. The van der Waals surface area contributed by atoms with Crippen LogP contribution in [0.25, 0.3) is 0 Å². The second kappa shape index (κ2) is 13.3. The van der Waals surface area contributed by atoms with Crippen molar-refractivity contribution in [3.63, 3.8) is 0 Å². The van der Waals surface area contributed by atoms with Crippen molar-refractivity contribution in [3.05, 3.63) is 63.6 Å². The fraction of sp³-hybridized carbons (Fsp3) is 0.462. The first-order chi connectivity index (χ1) is 16.8. The Morgan fingerprint density at radius 2 is 1.72 bits per heavy atom. The molecule has 0 aliphatic rings. The van der Waals surface area contributed by atoms with Crippen LogP contribution in [0.2, 0.25) is 10.0 Å². The molecule has 0 unspecified atom stereocenters. The third-order valence-corrected chi connectivity index (χ3v) is 7.65. The van der Waals surface area contributed by atoms with E-state index in [0.29, 0.717) is 15.7 Å². The summed E-state index contributed by atoms with van der Waals surface area (Å²) in [5.41, 5.74) is 2.04. The van der Waals surface area contributed by atoms with Gasteiger partial charge in [0.2, 0.25) is 21.8 Å². The number of anilines is 1. The second-order valence-electron chi connectivity index (χ2n) is 9.01. The summed E-state index contributed by atoms with van der Waals surface area (Å²) in [6.45, 7) is 7.69. The van der Waals surface area contributed by atoms with Gasteiger partial charge in [-0.2, -0.15) is 0 Å². The first-order valence-electron chi connectivity index (χ1n) is 11.9. The predicted octanol–water partition coefficient (Wildman–Crippen LogP) is 5.18. The van der Waals surface area contributed by atoms with Crippen LogP contribution in [-0.2, 0) is 26.2 Å². The molecule has 0 heterocycles. The molecule has 2 aromatic carbocycles. The van der Waals surface area contributed by atoms with Gasteiger partial charge in [-0.1, -0.05) is 48.3 Å². The molecule has 2 rings (SSSR count). The molecular weight excluding hydrogens is 521 g/mol. The lowest BCUT2D eigenvalue weighted by Crippen LogP contribution is -2.49. The summed E-state index contributed by atoms with van der Waals surface area (Å²) in [6, 6.07) is 11.5. The largest absolute Gasteiger partial charge is 0.352 e. The average molecular weight is 557 g/mol. The smallest absolute Gasteiger partial charge is 0.242 e. The molecule has 2 aromatic rings. The number of nitrogens with zero attached hydrogens (tertiary/aromatic N) is 2. The van der Waals surface area contributed by atoms with Gasteiger partial charge in [-0.15, -0.1) is 0 Å². The van der Waals surface area contributed by atoms with Gasteiger partial charge in [-0.25, -0.2) is 8.42 Å². The Morgan fingerprint density at radius 1 is 1.06 bits per heavy atom. The molecule has 0 spiro atoms. The monoisotopic (exact) mass is 555 g/mol. The first kappa shape index (κ1) is 29.9. The molecule has 2 amide bonds. The number of sulfonamides is 1. The summed E-state index contributed by atoms with van der Waals surface area (Å²) in [4.78, 5) is 27.7. The number of aryl methyl sites for hydroxylation is 1. The van der Waals surface area contributed by atoms with Crippen molar-refractivity contribution in [2.24, 2.45) is 0 Å². The quantitative estimate of drug-likeness (QED) is 0.391. The zero-order valence-corrected chi connectivity index (χ0v) is 23.8. The number of amides is 2. The zero-order chi connectivity index (χ0) is 27.0. The van der Waals surface area contributed by atoms with Crippen LogP contribution in [0.4, 0.5) is 5.69 Å². The molecule has 0 saturated carbocycles. The molecule has 2 atom stereocenters. The van der Waals surface area contributed by atoms with E-state index in [4.69, 9.17) is 23.2 Å².